The summed E-state index contributed by atoms with van der Waals surface area (Å²) in [4.78, 5) is 10.6. The molecule has 1 aliphatic heterocycles. The second-order valence-corrected chi connectivity index (χ2v) is 4.81. The van der Waals surface area contributed by atoms with Crippen LogP contribution in [0.15, 0.2) is 24.3 Å². The molecule has 0 spiro atoms. The van der Waals surface area contributed by atoms with E-state index in [1.165, 1.54) is 12.1 Å². The predicted octanol–water partition coefficient (Wildman–Crippen LogP) is 1.53. The molecule has 2 amide bonds. The monoisotopic (exact) mass is 308 g/mol. The van der Waals surface area contributed by atoms with Crippen LogP contribution in [0.4, 0.5) is 9.18 Å². The van der Waals surface area contributed by atoms with Crippen molar-refractivity contribution in [2.75, 3.05) is 13.2 Å². The molecule has 1 aliphatic rings. The minimum atomic E-state index is -0.952. The van der Waals surface area contributed by atoms with Crippen molar-refractivity contribution in [3.63, 3.8) is 0 Å². The summed E-state index contributed by atoms with van der Waals surface area (Å²) in [6, 6.07) is 4.83. The van der Waals surface area contributed by atoms with Crippen LogP contribution in [0.25, 0.3) is 0 Å². The van der Waals surface area contributed by atoms with Crippen LogP contribution >= 0.6 is 0 Å². The van der Waals surface area contributed by atoms with E-state index < -0.39 is 6.03 Å². The molecule has 1 aromatic carbocycles. The maximum absolute atomic E-state index is 12.8. The Kier molecular flexibility index (Phi) is 5.58. The zero-order chi connectivity index (χ0) is 15.9. The number of carbonyl (C=O) groups excluding carboxylic acids is 1. The largest absolute Gasteiger partial charge is 0.491 e. The summed E-state index contributed by atoms with van der Waals surface area (Å²) in [7, 11) is 0. The van der Waals surface area contributed by atoms with Gasteiger partial charge in [-0.15, -0.1) is 0 Å². The van der Waals surface area contributed by atoms with E-state index >= 15 is 0 Å². The van der Waals surface area contributed by atoms with E-state index in [4.69, 9.17) is 20.4 Å². The van der Waals surface area contributed by atoms with Gasteiger partial charge >= 0.3 is 6.03 Å². The Morgan fingerprint density at radius 3 is 2.86 bits per heavy atom. The van der Waals surface area contributed by atoms with Gasteiger partial charge in [-0.3, -0.25) is 5.21 Å². The molecule has 6 nitrogen and oxygen atoms in total. The van der Waals surface area contributed by atoms with Gasteiger partial charge in [0.25, 0.3) is 0 Å². The molecule has 1 saturated heterocycles. The summed E-state index contributed by atoms with van der Waals surface area (Å²) in [5, 5.41) is 9.38. The molecule has 1 heterocycles. The number of ether oxygens (including phenoxy) is 2. The predicted molar refractivity (Wildman–Crippen MR) is 75.6 cm³/mol. The Morgan fingerprint density at radius 2 is 2.18 bits per heavy atom. The molecular weight excluding hydrogens is 291 g/mol. The molecule has 2 rings (SSSR count). The first-order valence-electron chi connectivity index (χ1n) is 6.82. The third-order valence-corrected chi connectivity index (χ3v) is 3.10. The van der Waals surface area contributed by atoms with Gasteiger partial charge in [0, 0.05) is 0 Å². The van der Waals surface area contributed by atoms with E-state index in [-0.39, 0.29) is 24.6 Å². The number of hydrogen-bond acceptors (Lipinski definition) is 4. The summed E-state index contributed by atoms with van der Waals surface area (Å²) in [6.45, 7) is 0.198. The number of nitrogens with zero attached hydrogens (tertiary/aromatic N) is 1. The zero-order valence-electron chi connectivity index (χ0n) is 11.9. The van der Waals surface area contributed by atoms with Gasteiger partial charge in [-0.25, -0.2) is 9.18 Å². The Morgan fingerprint density at radius 1 is 1.45 bits per heavy atom. The van der Waals surface area contributed by atoms with Crippen molar-refractivity contribution >= 4 is 6.03 Å². The average Bonchev–Trinajstić information content (AvgIpc) is 2.94. The van der Waals surface area contributed by atoms with Crippen LogP contribution in [0.3, 0.4) is 0 Å². The van der Waals surface area contributed by atoms with Gasteiger partial charge in [0.1, 0.15) is 30.8 Å². The van der Waals surface area contributed by atoms with Gasteiger partial charge in [0.05, 0.1) is 6.10 Å². The molecule has 2 unspecified atom stereocenters. The van der Waals surface area contributed by atoms with Crippen molar-refractivity contribution in [3.05, 3.63) is 30.1 Å². The normalized spacial score (nSPS) is 20.1. The van der Waals surface area contributed by atoms with Gasteiger partial charge in [-0.05, 0) is 37.1 Å². The van der Waals surface area contributed by atoms with E-state index in [0.717, 1.165) is 12.8 Å². The Balaban J connectivity index is 1.72. The van der Waals surface area contributed by atoms with Gasteiger partial charge < -0.3 is 15.2 Å². The molecule has 0 aliphatic carbocycles. The number of hydroxylamine groups is 2. The van der Waals surface area contributed by atoms with E-state index in [1.807, 2.05) is 0 Å². The van der Waals surface area contributed by atoms with Crippen molar-refractivity contribution in [3.8, 4) is 17.6 Å². The van der Waals surface area contributed by atoms with E-state index in [0.29, 0.717) is 17.4 Å². The Labute approximate surface area is 127 Å². The standard InChI is InChI=1S/C15H17FN2O4/c16-11-3-5-12(6-4-11)21-10-14-8-7-13(22-14)2-1-9-18(20)15(17)19/h3-6,13-14,20H,7-10H2,(H2,17,19). The fraction of sp³-hybridized carbons (Fsp3) is 0.400. The van der Waals surface area contributed by atoms with Crippen LogP contribution in [0.2, 0.25) is 0 Å². The van der Waals surface area contributed by atoms with Gasteiger partial charge in [0.15, 0.2) is 0 Å². The third kappa shape index (κ3) is 4.91. The molecule has 0 bridgehead atoms. The van der Waals surface area contributed by atoms with Crippen LogP contribution in [0.1, 0.15) is 12.8 Å². The molecule has 7 heteroatoms. The van der Waals surface area contributed by atoms with Crippen molar-refractivity contribution in [1.82, 2.24) is 5.06 Å². The maximum atomic E-state index is 12.8. The number of nitrogens with two attached hydrogens (primary N) is 1. The third-order valence-electron chi connectivity index (χ3n) is 3.10. The highest BCUT2D eigenvalue weighted by atomic mass is 19.1. The van der Waals surface area contributed by atoms with Crippen LogP contribution in [0, 0.1) is 17.7 Å². The van der Waals surface area contributed by atoms with Crippen molar-refractivity contribution in [2.24, 2.45) is 5.73 Å². The molecule has 0 radical (unpaired) electrons. The van der Waals surface area contributed by atoms with Crippen LogP contribution < -0.4 is 10.5 Å². The summed E-state index contributed by atoms with van der Waals surface area (Å²) >= 11 is 0. The van der Waals surface area contributed by atoms with E-state index in [9.17, 15) is 9.18 Å². The summed E-state index contributed by atoms with van der Waals surface area (Å²) in [6.07, 6.45) is 1.18. The van der Waals surface area contributed by atoms with Gasteiger partial charge in [-0.2, -0.15) is 5.06 Å². The van der Waals surface area contributed by atoms with Crippen LogP contribution in [-0.2, 0) is 4.74 Å². The molecule has 0 saturated carbocycles. The van der Waals surface area contributed by atoms with E-state index in [1.54, 1.807) is 12.1 Å². The van der Waals surface area contributed by atoms with Crippen molar-refractivity contribution in [1.29, 1.82) is 0 Å². The number of rotatable bonds is 4. The number of carbonyl (C=O) groups is 1. The summed E-state index contributed by atoms with van der Waals surface area (Å²) < 4.78 is 23.9. The van der Waals surface area contributed by atoms with E-state index in [2.05, 4.69) is 11.8 Å². The molecule has 1 aromatic rings. The second-order valence-electron chi connectivity index (χ2n) is 4.81. The number of halogens is 1. The number of benzene rings is 1. The second kappa shape index (κ2) is 7.64. The Hall–Kier alpha value is -2.30. The molecule has 0 aromatic heterocycles. The van der Waals surface area contributed by atoms with Crippen LogP contribution in [-0.4, -0.2) is 41.7 Å². The van der Waals surface area contributed by atoms with Gasteiger partial charge in [0.2, 0.25) is 0 Å². The SMILES string of the molecule is NC(=O)N(O)CC#CC1CCC(COc2ccc(F)cc2)O1. The first-order chi connectivity index (χ1) is 10.5. The average molecular weight is 308 g/mol. The Bertz CT molecular complexity index is 567. The lowest BCUT2D eigenvalue weighted by atomic mass is 10.2. The maximum Gasteiger partial charge on any atom is 0.339 e. The minimum Gasteiger partial charge on any atom is -0.491 e. The summed E-state index contributed by atoms with van der Waals surface area (Å²) in [5.41, 5.74) is 4.85. The molecule has 2 atom stereocenters. The van der Waals surface area contributed by atoms with Gasteiger partial charge in [-0.1, -0.05) is 11.8 Å². The fourth-order valence-corrected chi connectivity index (χ4v) is 1.97. The lowest BCUT2D eigenvalue weighted by molar-refractivity contribution is -0.0270. The molecule has 22 heavy (non-hydrogen) atoms. The number of amides is 2. The fourth-order valence-electron chi connectivity index (χ4n) is 1.97. The smallest absolute Gasteiger partial charge is 0.339 e. The summed E-state index contributed by atoms with van der Waals surface area (Å²) in [5.74, 6) is 5.71. The topological polar surface area (TPSA) is 85.0 Å². The highest BCUT2D eigenvalue weighted by Crippen LogP contribution is 2.20. The van der Waals surface area contributed by atoms with Crippen molar-refractivity contribution < 1.29 is 23.9 Å². The quantitative estimate of drug-likeness (QED) is 0.502. The van der Waals surface area contributed by atoms with Crippen molar-refractivity contribution in [2.45, 2.75) is 25.0 Å². The molecule has 118 valence electrons. The lowest BCUT2D eigenvalue weighted by Gasteiger charge is -2.12. The first kappa shape index (κ1) is 16.1. The lowest BCUT2D eigenvalue weighted by Crippen LogP contribution is -2.32. The molecule has 1 fully saturated rings. The number of hydrogen-bond donors (Lipinski definition) is 2. The minimum absolute atomic E-state index is 0.0919. The zero-order valence-corrected chi connectivity index (χ0v) is 11.9. The number of urea groups is 1. The van der Waals surface area contributed by atoms with Crippen LogP contribution in [0.5, 0.6) is 5.75 Å². The molecule has 3 N–H and O–H groups in total. The highest BCUT2D eigenvalue weighted by Gasteiger charge is 2.24. The molecular formula is C15H17FN2O4. The number of primary amides is 1. The highest BCUT2D eigenvalue weighted by molar-refractivity contribution is 5.70. The first-order valence-corrected chi connectivity index (χ1v) is 6.82.